The zero-order valence-corrected chi connectivity index (χ0v) is 28.4. The largest absolute Gasteiger partial charge is 0.444 e. The minimum absolute atomic E-state index is 0.0734. The van der Waals surface area contributed by atoms with Gasteiger partial charge in [-0.3, -0.25) is 9.59 Å². The Morgan fingerprint density at radius 3 is 1.22 bits per heavy atom. The van der Waals surface area contributed by atoms with Crippen molar-refractivity contribution in [3.63, 3.8) is 0 Å². The van der Waals surface area contributed by atoms with Gasteiger partial charge >= 0.3 is 12.2 Å². The summed E-state index contributed by atoms with van der Waals surface area (Å²) < 4.78 is 10.5. The molecule has 6 N–H and O–H groups in total. The molecule has 258 valence electrons. The summed E-state index contributed by atoms with van der Waals surface area (Å²) in [5, 5.41) is 17.7. The minimum atomic E-state index is -0.632. The molecule has 2 fully saturated rings. The Balaban J connectivity index is 1.79. The van der Waals surface area contributed by atoms with Crippen molar-refractivity contribution in [2.24, 2.45) is 0 Å². The SMILES string of the molecule is CC(C)(C)OC(=O)NCCNC(=O)c1nc(NC2CCCCC2)c(C(=O)NCCNC(=O)OC(C)(C)C)nc1NC1CCCCC1. The van der Waals surface area contributed by atoms with Gasteiger partial charge in [0.2, 0.25) is 0 Å². The fourth-order valence-corrected chi connectivity index (χ4v) is 5.31. The second-order valence-corrected chi connectivity index (χ2v) is 13.9. The second kappa shape index (κ2) is 17.2. The first kappa shape index (κ1) is 36.6. The Hall–Kier alpha value is -3.84. The number of rotatable bonds is 12. The molecule has 1 aromatic rings. The van der Waals surface area contributed by atoms with Gasteiger partial charge < -0.3 is 41.4 Å². The van der Waals surface area contributed by atoms with Crippen LogP contribution in [0.25, 0.3) is 0 Å². The maximum Gasteiger partial charge on any atom is 0.407 e. The van der Waals surface area contributed by atoms with E-state index in [1.54, 1.807) is 41.5 Å². The minimum Gasteiger partial charge on any atom is -0.444 e. The quantitative estimate of drug-likeness (QED) is 0.177. The molecule has 3 rings (SSSR count). The summed E-state index contributed by atoms with van der Waals surface area (Å²) >= 11 is 0. The van der Waals surface area contributed by atoms with E-state index >= 15 is 0 Å². The van der Waals surface area contributed by atoms with E-state index in [1.165, 1.54) is 0 Å². The van der Waals surface area contributed by atoms with Crippen LogP contribution in [0.2, 0.25) is 0 Å². The van der Waals surface area contributed by atoms with Crippen LogP contribution in [0, 0.1) is 0 Å². The van der Waals surface area contributed by atoms with Gasteiger partial charge in [-0.1, -0.05) is 38.5 Å². The summed E-state index contributed by atoms with van der Waals surface area (Å²) in [6, 6.07) is 0.184. The van der Waals surface area contributed by atoms with E-state index in [2.05, 4.69) is 31.9 Å². The number of alkyl carbamates (subject to hydrolysis) is 2. The number of nitrogens with one attached hydrogen (secondary N) is 6. The van der Waals surface area contributed by atoms with Crippen LogP contribution in [0.3, 0.4) is 0 Å². The normalized spacial score (nSPS) is 16.1. The van der Waals surface area contributed by atoms with E-state index in [9.17, 15) is 19.2 Å². The average Bonchev–Trinajstić information content (AvgIpc) is 2.97. The van der Waals surface area contributed by atoms with Gasteiger partial charge in [-0.05, 0) is 67.2 Å². The fraction of sp³-hybridized carbons (Fsp3) is 0.750. The van der Waals surface area contributed by atoms with Crippen molar-refractivity contribution in [1.82, 2.24) is 31.2 Å². The highest BCUT2D eigenvalue weighted by molar-refractivity contribution is 6.01. The molecule has 2 saturated carbocycles. The maximum absolute atomic E-state index is 13.5. The lowest BCUT2D eigenvalue weighted by Gasteiger charge is -2.27. The molecule has 0 spiro atoms. The summed E-state index contributed by atoms with van der Waals surface area (Å²) in [7, 11) is 0. The van der Waals surface area contributed by atoms with Crippen LogP contribution in [-0.4, -0.2) is 83.4 Å². The number of carbonyl (C=O) groups is 4. The van der Waals surface area contributed by atoms with Crippen molar-refractivity contribution in [2.75, 3.05) is 36.8 Å². The van der Waals surface area contributed by atoms with Crippen molar-refractivity contribution >= 4 is 35.6 Å². The van der Waals surface area contributed by atoms with Gasteiger partial charge in [0.1, 0.15) is 11.2 Å². The predicted molar refractivity (Wildman–Crippen MR) is 176 cm³/mol. The van der Waals surface area contributed by atoms with Crippen molar-refractivity contribution in [1.29, 1.82) is 0 Å². The first-order valence-corrected chi connectivity index (χ1v) is 16.7. The van der Waals surface area contributed by atoms with Crippen molar-refractivity contribution in [3.05, 3.63) is 11.4 Å². The smallest absolute Gasteiger partial charge is 0.407 e. The standard InChI is InChI=1S/C32H54N8O6/c1-31(2,3)45-29(43)35-19-17-33-27(41)23-25(37-21-13-9-7-10-14-21)40-24(26(39-23)38-22-15-11-8-12-16-22)28(42)34-18-20-36-30(44)46-32(4,5)6/h21-22H,7-20H2,1-6H3,(H,33,41)(H,34,42)(H,35,43)(H,36,44)(H,38,39)(H,37,40). The molecule has 46 heavy (non-hydrogen) atoms. The molecule has 2 aliphatic carbocycles. The maximum atomic E-state index is 13.5. The number of ether oxygens (including phenoxy) is 2. The number of anilines is 2. The third kappa shape index (κ3) is 13.3. The van der Waals surface area contributed by atoms with Gasteiger partial charge in [0.05, 0.1) is 0 Å². The Morgan fingerprint density at radius 1 is 0.565 bits per heavy atom. The fourth-order valence-electron chi connectivity index (χ4n) is 5.31. The third-order valence-corrected chi connectivity index (χ3v) is 7.38. The van der Waals surface area contributed by atoms with Crippen molar-refractivity contribution < 1.29 is 28.7 Å². The van der Waals surface area contributed by atoms with Gasteiger partial charge in [-0.2, -0.15) is 0 Å². The molecule has 1 aromatic heterocycles. The zero-order chi connectivity index (χ0) is 33.7. The second-order valence-electron chi connectivity index (χ2n) is 13.9. The Labute approximate surface area is 272 Å². The number of carbonyl (C=O) groups excluding carboxylic acids is 4. The Bertz CT molecular complexity index is 1090. The molecule has 1 heterocycles. The molecule has 14 heteroatoms. The van der Waals surface area contributed by atoms with E-state index in [0.29, 0.717) is 0 Å². The van der Waals surface area contributed by atoms with Crippen molar-refractivity contribution in [3.8, 4) is 0 Å². The monoisotopic (exact) mass is 646 g/mol. The van der Waals surface area contributed by atoms with Gasteiger partial charge in [0.15, 0.2) is 23.0 Å². The summed E-state index contributed by atoms with van der Waals surface area (Å²) in [5.74, 6) is -0.486. The lowest BCUT2D eigenvalue weighted by molar-refractivity contribution is 0.0516. The number of aromatic nitrogens is 2. The van der Waals surface area contributed by atoms with Crippen LogP contribution in [-0.2, 0) is 9.47 Å². The third-order valence-electron chi connectivity index (χ3n) is 7.38. The van der Waals surface area contributed by atoms with Crippen LogP contribution in [0.15, 0.2) is 0 Å². The topological polar surface area (TPSA) is 185 Å². The molecule has 14 nitrogen and oxygen atoms in total. The first-order valence-electron chi connectivity index (χ1n) is 16.7. The van der Waals surface area contributed by atoms with Crippen LogP contribution < -0.4 is 31.9 Å². The lowest BCUT2D eigenvalue weighted by atomic mass is 9.95. The molecule has 0 aliphatic heterocycles. The van der Waals surface area contributed by atoms with E-state index in [-0.39, 0.29) is 61.3 Å². The molecule has 0 atom stereocenters. The summed E-state index contributed by atoms with van der Waals surface area (Å²) in [5.41, 5.74) is -1.12. The first-order chi connectivity index (χ1) is 21.7. The molecule has 2 aliphatic rings. The summed E-state index contributed by atoms with van der Waals surface area (Å²) in [4.78, 5) is 60.4. The summed E-state index contributed by atoms with van der Waals surface area (Å²) in [6.07, 6.45) is 9.06. The van der Waals surface area contributed by atoms with E-state index in [4.69, 9.17) is 19.4 Å². The number of hydrogen-bond acceptors (Lipinski definition) is 10. The van der Waals surface area contributed by atoms with Gasteiger partial charge in [-0.25, -0.2) is 19.6 Å². The molecular formula is C32H54N8O6. The van der Waals surface area contributed by atoms with Gasteiger partial charge in [-0.15, -0.1) is 0 Å². The van der Waals surface area contributed by atoms with Gasteiger partial charge in [0, 0.05) is 38.3 Å². The predicted octanol–water partition coefficient (Wildman–Crippen LogP) is 4.47. The highest BCUT2D eigenvalue weighted by Crippen LogP contribution is 2.27. The van der Waals surface area contributed by atoms with E-state index < -0.39 is 35.2 Å². The molecule has 0 unspecified atom stereocenters. The average molecular weight is 647 g/mol. The highest BCUT2D eigenvalue weighted by Gasteiger charge is 2.27. The molecule has 0 saturated heterocycles. The number of amides is 4. The number of nitrogens with zero attached hydrogens (tertiary/aromatic N) is 2. The molecule has 0 bridgehead atoms. The van der Waals surface area contributed by atoms with E-state index in [0.717, 1.165) is 64.2 Å². The van der Waals surface area contributed by atoms with Crippen LogP contribution in [0.5, 0.6) is 0 Å². The molecule has 4 amide bonds. The van der Waals surface area contributed by atoms with E-state index in [1.807, 2.05) is 0 Å². The highest BCUT2D eigenvalue weighted by atomic mass is 16.6. The molecular weight excluding hydrogens is 592 g/mol. The summed E-state index contributed by atoms with van der Waals surface area (Å²) in [6.45, 7) is 11.2. The zero-order valence-electron chi connectivity index (χ0n) is 28.4. The van der Waals surface area contributed by atoms with Crippen LogP contribution in [0.4, 0.5) is 21.2 Å². The van der Waals surface area contributed by atoms with Crippen LogP contribution >= 0.6 is 0 Å². The number of hydrogen-bond donors (Lipinski definition) is 6. The molecule has 0 aromatic carbocycles. The van der Waals surface area contributed by atoms with Crippen LogP contribution in [0.1, 0.15) is 127 Å². The van der Waals surface area contributed by atoms with Crippen molar-refractivity contribution in [2.45, 2.75) is 129 Å². The lowest BCUT2D eigenvalue weighted by Crippen LogP contribution is -2.39. The Morgan fingerprint density at radius 2 is 0.891 bits per heavy atom. The van der Waals surface area contributed by atoms with Gasteiger partial charge in [0.25, 0.3) is 11.8 Å². The Kier molecular flexibility index (Phi) is 13.7. The molecule has 0 radical (unpaired) electrons.